The molecule has 0 aliphatic rings. The zero-order chi connectivity index (χ0) is 10.6. The number of hydrogen-bond donors (Lipinski definition) is 0. The van der Waals surface area contributed by atoms with E-state index in [1.807, 2.05) is 0 Å². The summed E-state index contributed by atoms with van der Waals surface area (Å²) in [6.45, 7) is 10.7. The molecular formula is C14H20. The molecule has 1 rings (SSSR count). The molecule has 0 radical (unpaired) electrons. The van der Waals surface area contributed by atoms with Crippen LogP contribution in [0.4, 0.5) is 0 Å². The van der Waals surface area contributed by atoms with Gasteiger partial charge in [-0.15, -0.1) is 0 Å². The van der Waals surface area contributed by atoms with Crippen molar-refractivity contribution in [3.05, 3.63) is 41.5 Å². The Morgan fingerprint density at radius 3 is 2.64 bits per heavy atom. The van der Waals surface area contributed by atoms with Gasteiger partial charge in [0, 0.05) is 0 Å². The SMILES string of the molecule is C=C(CCCC)c1cc(C)ccc1C. The third kappa shape index (κ3) is 2.73. The number of hydrogen-bond acceptors (Lipinski definition) is 0. The molecule has 0 atom stereocenters. The zero-order valence-corrected chi connectivity index (χ0v) is 9.56. The lowest BCUT2D eigenvalue weighted by molar-refractivity contribution is 0.824. The van der Waals surface area contributed by atoms with Crippen LogP contribution in [0.5, 0.6) is 0 Å². The van der Waals surface area contributed by atoms with Gasteiger partial charge in [0.05, 0.1) is 0 Å². The summed E-state index contributed by atoms with van der Waals surface area (Å²) in [6, 6.07) is 6.58. The van der Waals surface area contributed by atoms with Crippen molar-refractivity contribution in [3.8, 4) is 0 Å². The summed E-state index contributed by atoms with van der Waals surface area (Å²) in [5, 5.41) is 0. The average Bonchev–Trinajstić information content (AvgIpc) is 2.18. The second kappa shape index (κ2) is 4.99. The van der Waals surface area contributed by atoms with Crippen molar-refractivity contribution >= 4 is 5.57 Å². The molecular weight excluding hydrogens is 168 g/mol. The van der Waals surface area contributed by atoms with Gasteiger partial charge in [0.1, 0.15) is 0 Å². The van der Waals surface area contributed by atoms with Crippen LogP contribution in [0.2, 0.25) is 0 Å². The van der Waals surface area contributed by atoms with E-state index in [1.54, 1.807) is 0 Å². The first-order chi connectivity index (χ1) is 6.65. The topological polar surface area (TPSA) is 0 Å². The Kier molecular flexibility index (Phi) is 3.94. The predicted octanol–water partition coefficient (Wildman–Crippen LogP) is 4.51. The molecule has 0 aromatic heterocycles. The monoisotopic (exact) mass is 188 g/mol. The van der Waals surface area contributed by atoms with E-state index in [2.05, 4.69) is 45.5 Å². The highest BCUT2D eigenvalue weighted by Gasteiger charge is 2.02. The minimum Gasteiger partial charge on any atom is -0.0952 e. The van der Waals surface area contributed by atoms with Gasteiger partial charge in [-0.1, -0.05) is 43.7 Å². The standard InChI is InChI=1S/C14H20/c1-5-6-7-12(3)14-10-11(2)8-9-13(14)4/h8-10H,3,5-7H2,1-2,4H3. The molecule has 0 fully saturated rings. The first-order valence-electron chi connectivity index (χ1n) is 5.40. The molecule has 0 nitrogen and oxygen atoms in total. The molecule has 0 saturated carbocycles. The van der Waals surface area contributed by atoms with Crippen molar-refractivity contribution < 1.29 is 0 Å². The van der Waals surface area contributed by atoms with Gasteiger partial charge in [0.25, 0.3) is 0 Å². The third-order valence-corrected chi connectivity index (χ3v) is 2.61. The lowest BCUT2D eigenvalue weighted by Crippen LogP contribution is -1.89. The molecule has 1 aromatic carbocycles. The summed E-state index contributed by atoms with van der Waals surface area (Å²) in [7, 11) is 0. The summed E-state index contributed by atoms with van der Waals surface area (Å²) < 4.78 is 0. The van der Waals surface area contributed by atoms with Crippen LogP contribution in [0, 0.1) is 13.8 Å². The smallest absolute Gasteiger partial charge is 0.0198 e. The number of rotatable bonds is 4. The van der Waals surface area contributed by atoms with Crippen LogP contribution >= 0.6 is 0 Å². The van der Waals surface area contributed by atoms with Gasteiger partial charge in [-0.25, -0.2) is 0 Å². The van der Waals surface area contributed by atoms with E-state index in [0.717, 1.165) is 6.42 Å². The van der Waals surface area contributed by atoms with Gasteiger partial charge in [-0.2, -0.15) is 0 Å². The Balaban J connectivity index is 2.83. The van der Waals surface area contributed by atoms with Gasteiger partial charge in [-0.3, -0.25) is 0 Å². The summed E-state index contributed by atoms with van der Waals surface area (Å²) in [4.78, 5) is 0. The molecule has 0 heteroatoms. The molecule has 1 aromatic rings. The Morgan fingerprint density at radius 2 is 2.00 bits per heavy atom. The first kappa shape index (κ1) is 11.0. The maximum Gasteiger partial charge on any atom is -0.0198 e. The number of aryl methyl sites for hydroxylation is 2. The minimum absolute atomic E-state index is 1.13. The molecule has 0 unspecified atom stereocenters. The molecule has 0 saturated heterocycles. The molecule has 0 heterocycles. The quantitative estimate of drug-likeness (QED) is 0.652. The normalized spacial score (nSPS) is 10.2. The van der Waals surface area contributed by atoms with E-state index >= 15 is 0 Å². The van der Waals surface area contributed by atoms with Crippen LogP contribution in [0.25, 0.3) is 5.57 Å². The van der Waals surface area contributed by atoms with Crippen LogP contribution in [0.3, 0.4) is 0 Å². The van der Waals surface area contributed by atoms with E-state index < -0.39 is 0 Å². The molecule has 0 N–H and O–H groups in total. The van der Waals surface area contributed by atoms with E-state index in [-0.39, 0.29) is 0 Å². The fourth-order valence-corrected chi connectivity index (χ4v) is 1.64. The molecule has 0 bridgehead atoms. The minimum atomic E-state index is 1.13. The summed E-state index contributed by atoms with van der Waals surface area (Å²) in [5.41, 5.74) is 5.30. The number of benzene rings is 1. The van der Waals surface area contributed by atoms with Crippen molar-refractivity contribution in [3.63, 3.8) is 0 Å². The van der Waals surface area contributed by atoms with Gasteiger partial charge in [-0.05, 0) is 43.4 Å². The Labute approximate surface area is 87.7 Å². The van der Waals surface area contributed by atoms with E-state index in [1.165, 1.54) is 35.1 Å². The van der Waals surface area contributed by atoms with Crippen molar-refractivity contribution in [1.29, 1.82) is 0 Å². The summed E-state index contributed by atoms with van der Waals surface area (Å²) >= 11 is 0. The van der Waals surface area contributed by atoms with Crippen LogP contribution in [-0.2, 0) is 0 Å². The lowest BCUT2D eigenvalue weighted by Gasteiger charge is -2.09. The van der Waals surface area contributed by atoms with Gasteiger partial charge < -0.3 is 0 Å². The third-order valence-electron chi connectivity index (χ3n) is 2.61. The molecule has 14 heavy (non-hydrogen) atoms. The molecule has 0 amide bonds. The van der Waals surface area contributed by atoms with Crippen molar-refractivity contribution in [2.24, 2.45) is 0 Å². The predicted molar refractivity (Wildman–Crippen MR) is 64.5 cm³/mol. The highest BCUT2D eigenvalue weighted by Crippen LogP contribution is 2.23. The van der Waals surface area contributed by atoms with Crippen molar-refractivity contribution in [2.75, 3.05) is 0 Å². The molecule has 0 spiro atoms. The highest BCUT2D eigenvalue weighted by molar-refractivity contribution is 5.66. The Morgan fingerprint density at radius 1 is 1.29 bits per heavy atom. The van der Waals surface area contributed by atoms with Gasteiger partial charge in [0.2, 0.25) is 0 Å². The Hall–Kier alpha value is -1.04. The van der Waals surface area contributed by atoms with E-state index in [4.69, 9.17) is 0 Å². The average molecular weight is 188 g/mol. The number of unbranched alkanes of at least 4 members (excludes halogenated alkanes) is 1. The second-order valence-electron chi connectivity index (χ2n) is 4.03. The summed E-state index contributed by atoms with van der Waals surface area (Å²) in [5.74, 6) is 0. The molecule has 0 aliphatic heterocycles. The molecule has 0 aliphatic carbocycles. The lowest BCUT2D eigenvalue weighted by atomic mass is 9.96. The fourth-order valence-electron chi connectivity index (χ4n) is 1.64. The van der Waals surface area contributed by atoms with E-state index in [0.29, 0.717) is 0 Å². The van der Waals surface area contributed by atoms with Crippen LogP contribution < -0.4 is 0 Å². The summed E-state index contributed by atoms with van der Waals surface area (Å²) in [6.07, 6.45) is 3.61. The largest absolute Gasteiger partial charge is 0.0952 e. The van der Waals surface area contributed by atoms with Crippen molar-refractivity contribution in [2.45, 2.75) is 40.0 Å². The maximum atomic E-state index is 4.16. The molecule has 76 valence electrons. The maximum absolute atomic E-state index is 4.16. The van der Waals surface area contributed by atoms with Gasteiger partial charge >= 0.3 is 0 Å². The first-order valence-corrected chi connectivity index (χ1v) is 5.40. The van der Waals surface area contributed by atoms with Crippen LogP contribution in [-0.4, -0.2) is 0 Å². The highest BCUT2D eigenvalue weighted by atomic mass is 14.1. The zero-order valence-electron chi connectivity index (χ0n) is 9.56. The van der Waals surface area contributed by atoms with Crippen LogP contribution in [0.15, 0.2) is 24.8 Å². The fraction of sp³-hybridized carbons (Fsp3) is 0.429. The van der Waals surface area contributed by atoms with E-state index in [9.17, 15) is 0 Å². The van der Waals surface area contributed by atoms with Crippen molar-refractivity contribution in [1.82, 2.24) is 0 Å². The second-order valence-corrected chi connectivity index (χ2v) is 4.03. The van der Waals surface area contributed by atoms with Gasteiger partial charge in [0.15, 0.2) is 0 Å². The number of allylic oxidation sites excluding steroid dienone is 1. The Bertz CT molecular complexity index is 321. The van der Waals surface area contributed by atoms with Crippen LogP contribution in [0.1, 0.15) is 42.9 Å².